The summed E-state index contributed by atoms with van der Waals surface area (Å²) in [5.41, 5.74) is 0.437. The first-order chi connectivity index (χ1) is 10.8. The Labute approximate surface area is 132 Å². The van der Waals surface area contributed by atoms with Gasteiger partial charge in [-0.25, -0.2) is 0 Å². The molecule has 2 aromatic carbocycles. The molecule has 120 valence electrons. The molecular weight excluding hydrogens is 300 g/mol. The second-order valence-electron chi connectivity index (χ2n) is 4.82. The maximum atomic E-state index is 11.1. The lowest BCUT2D eigenvalue weighted by Gasteiger charge is -2.11. The third kappa shape index (κ3) is 4.37. The molecule has 23 heavy (non-hydrogen) atoms. The van der Waals surface area contributed by atoms with Gasteiger partial charge in [-0.15, -0.1) is 0 Å². The van der Waals surface area contributed by atoms with E-state index in [0.29, 0.717) is 11.5 Å². The van der Waals surface area contributed by atoms with E-state index in [9.17, 15) is 19.8 Å². The van der Waals surface area contributed by atoms with Gasteiger partial charge in [0.15, 0.2) is 0 Å². The molecule has 0 radical (unpaired) electrons. The number of benzene rings is 2. The average molecular weight is 316 g/mol. The van der Waals surface area contributed by atoms with Crippen molar-refractivity contribution in [2.45, 2.75) is 13.8 Å². The number of nitrogens with one attached hydrogen (secondary N) is 2. The van der Waals surface area contributed by atoms with Crippen molar-refractivity contribution in [3.05, 3.63) is 36.4 Å². The first kappa shape index (κ1) is 16.2. The number of aromatic hydroxyl groups is 2. The summed E-state index contributed by atoms with van der Waals surface area (Å²) in [6.07, 6.45) is 0. The number of hydrogen-bond acceptors (Lipinski definition) is 5. The number of carbonyl (C=O) groups excluding carboxylic acids is 2. The highest BCUT2D eigenvalue weighted by atomic mass is 16.5. The molecule has 2 amide bonds. The average Bonchev–Trinajstić information content (AvgIpc) is 2.45. The van der Waals surface area contributed by atoms with Crippen molar-refractivity contribution < 1.29 is 24.5 Å². The molecule has 4 N–H and O–H groups in total. The van der Waals surface area contributed by atoms with E-state index in [4.69, 9.17) is 4.74 Å². The van der Waals surface area contributed by atoms with Crippen LogP contribution in [0.25, 0.3) is 0 Å². The SMILES string of the molecule is CC(=O)Nc1cc(Oc2ccc(O)c(NC(C)=O)c2)ccc1O. The minimum Gasteiger partial charge on any atom is -0.506 e. The molecule has 0 aromatic heterocycles. The van der Waals surface area contributed by atoms with Crippen LogP contribution in [0.2, 0.25) is 0 Å². The minimum absolute atomic E-state index is 0.0859. The quantitative estimate of drug-likeness (QED) is 0.649. The van der Waals surface area contributed by atoms with Crippen LogP contribution in [0.1, 0.15) is 13.8 Å². The van der Waals surface area contributed by atoms with E-state index >= 15 is 0 Å². The fourth-order valence-electron chi connectivity index (χ4n) is 1.87. The predicted molar refractivity (Wildman–Crippen MR) is 84.9 cm³/mol. The van der Waals surface area contributed by atoms with Crippen LogP contribution in [0.5, 0.6) is 23.0 Å². The van der Waals surface area contributed by atoms with Gasteiger partial charge in [-0.3, -0.25) is 9.59 Å². The molecule has 0 heterocycles. The zero-order chi connectivity index (χ0) is 17.0. The second-order valence-corrected chi connectivity index (χ2v) is 4.82. The molecule has 0 aliphatic carbocycles. The highest BCUT2D eigenvalue weighted by molar-refractivity contribution is 5.91. The Morgan fingerprint density at radius 1 is 0.826 bits per heavy atom. The van der Waals surface area contributed by atoms with Crippen molar-refractivity contribution in [3.63, 3.8) is 0 Å². The monoisotopic (exact) mass is 316 g/mol. The van der Waals surface area contributed by atoms with Crippen molar-refractivity contribution in [2.24, 2.45) is 0 Å². The summed E-state index contributed by atoms with van der Waals surface area (Å²) in [4.78, 5) is 22.2. The molecule has 0 saturated heterocycles. The van der Waals surface area contributed by atoms with Crippen molar-refractivity contribution in [1.29, 1.82) is 0 Å². The fourth-order valence-corrected chi connectivity index (χ4v) is 1.87. The van der Waals surface area contributed by atoms with Gasteiger partial charge in [0.2, 0.25) is 11.8 Å². The Kier molecular flexibility index (Phi) is 4.70. The number of hydrogen-bond donors (Lipinski definition) is 4. The van der Waals surface area contributed by atoms with Crippen molar-refractivity contribution in [2.75, 3.05) is 10.6 Å². The first-order valence-corrected chi connectivity index (χ1v) is 6.74. The zero-order valence-corrected chi connectivity index (χ0v) is 12.6. The van der Waals surface area contributed by atoms with E-state index in [1.165, 1.54) is 50.2 Å². The summed E-state index contributed by atoms with van der Waals surface area (Å²) in [6, 6.07) is 8.73. The second kappa shape index (κ2) is 6.69. The molecule has 0 bridgehead atoms. The van der Waals surface area contributed by atoms with E-state index in [0.717, 1.165) is 0 Å². The normalized spacial score (nSPS) is 10.0. The molecule has 0 aliphatic rings. The first-order valence-electron chi connectivity index (χ1n) is 6.74. The fraction of sp³-hybridized carbons (Fsp3) is 0.125. The summed E-state index contributed by atoms with van der Waals surface area (Å²) in [6.45, 7) is 2.65. The third-order valence-electron chi connectivity index (χ3n) is 2.79. The van der Waals surface area contributed by atoms with Gasteiger partial charge in [-0.05, 0) is 24.3 Å². The highest BCUT2D eigenvalue weighted by Gasteiger charge is 2.09. The van der Waals surface area contributed by atoms with Crippen LogP contribution < -0.4 is 15.4 Å². The highest BCUT2D eigenvalue weighted by Crippen LogP contribution is 2.33. The standard InChI is InChI=1S/C16H16N2O5/c1-9(19)17-13-7-11(3-5-15(13)21)23-12-4-6-16(22)14(8-12)18-10(2)20/h3-8,21-22H,1-2H3,(H,17,19)(H,18,20). The van der Waals surface area contributed by atoms with Crippen molar-refractivity contribution in [1.82, 2.24) is 0 Å². The van der Waals surface area contributed by atoms with E-state index in [1.807, 2.05) is 0 Å². The van der Waals surface area contributed by atoms with Gasteiger partial charge < -0.3 is 25.6 Å². The molecule has 0 unspecified atom stereocenters. The predicted octanol–water partition coefficient (Wildman–Crippen LogP) is 2.81. The number of carbonyl (C=O) groups is 2. The molecule has 0 atom stereocenters. The van der Waals surface area contributed by atoms with E-state index in [1.54, 1.807) is 0 Å². The topological polar surface area (TPSA) is 108 Å². The van der Waals surface area contributed by atoms with Crippen LogP contribution in [-0.4, -0.2) is 22.0 Å². The number of rotatable bonds is 4. The summed E-state index contributed by atoms with van der Waals surface area (Å²) in [5.74, 6) is -0.0866. The molecular formula is C16H16N2O5. The number of phenolic OH excluding ortho intramolecular Hbond substituents is 2. The van der Waals surface area contributed by atoms with E-state index in [-0.39, 0.29) is 34.7 Å². The van der Waals surface area contributed by atoms with Crippen LogP contribution in [-0.2, 0) is 9.59 Å². The van der Waals surface area contributed by atoms with Gasteiger partial charge in [0, 0.05) is 26.0 Å². The summed E-state index contributed by atoms with van der Waals surface area (Å²) in [7, 11) is 0. The maximum absolute atomic E-state index is 11.1. The molecule has 0 fully saturated rings. The number of phenols is 2. The number of amides is 2. The van der Waals surface area contributed by atoms with Crippen LogP contribution in [0, 0.1) is 0 Å². The van der Waals surface area contributed by atoms with Crippen LogP contribution in [0.4, 0.5) is 11.4 Å². The molecule has 0 spiro atoms. The minimum atomic E-state index is -0.324. The van der Waals surface area contributed by atoms with Crippen LogP contribution >= 0.6 is 0 Å². The smallest absolute Gasteiger partial charge is 0.221 e. The summed E-state index contributed by atoms with van der Waals surface area (Å²) >= 11 is 0. The molecule has 7 nitrogen and oxygen atoms in total. The third-order valence-corrected chi connectivity index (χ3v) is 2.79. The lowest BCUT2D eigenvalue weighted by Crippen LogP contribution is -2.06. The van der Waals surface area contributed by atoms with Gasteiger partial charge in [-0.2, -0.15) is 0 Å². The van der Waals surface area contributed by atoms with Gasteiger partial charge >= 0.3 is 0 Å². The Balaban J connectivity index is 2.25. The zero-order valence-electron chi connectivity index (χ0n) is 12.6. The van der Waals surface area contributed by atoms with E-state index < -0.39 is 0 Å². The number of anilines is 2. The summed E-state index contributed by atoms with van der Waals surface area (Å²) < 4.78 is 5.61. The van der Waals surface area contributed by atoms with E-state index in [2.05, 4.69) is 10.6 Å². The molecule has 0 aliphatic heterocycles. The molecule has 7 heteroatoms. The maximum Gasteiger partial charge on any atom is 0.221 e. The lowest BCUT2D eigenvalue weighted by molar-refractivity contribution is -0.115. The van der Waals surface area contributed by atoms with Gasteiger partial charge in [0.05, 0.1) is 11.4 Å². The Bertz CT molecular complexity index is 695. The Morgan fingerprint density at radius 2 is 1.22 bits per heavy atom. The Morgan fingerprint density at radius 3 is 1.57 bits per heavy atom. The van der Waals surface area contributed by atoms with Crippen LogP contribution in [0.15, 0.2) is 36.4 Å². The Hall–Kier alpha value is -3.22. The molecule has 2 rings (SSSR count). The van der Waals surface area contributed by atoms with Crippen LogP contribution in [0.3, 0.4) is 0 Å². The largest absolute Gasteiger partial charge is 0.506 e. The summed E-state index contributed by atoms with van der Waals surface area (Å²) in [5, 5.41) is 24.3. The van der Waals surface area contributed by atoms with Gasteiger partial charge in [-0.1, -0.05) is 0 Å². The number of ether oxygens (including phenoxy) is 1. The van der Waals surface area contributed by atoms with Gasteiger partial charge in [0.1, 0.15) is 23.0 Å². The van der Waals surface area contributed by atoms with Crippen molar-refractivity contribution >= 4 is 23.2 Å². The molecule has 2 aromatic rings. The lowest BCUT2D eigenvalue weighted by atomic mass is 10.2. The molecule has 0 saturated carbocycles. The van der Waals surface area contributed by atoms with Gasteiger partial charge in [0.25, 0.3) is 0 Å². The van der Waals surface area contributed by atoms with Crippen molar-refractivity contribution in [3.8, 4) is 23.0 Å².